The van der Waals surface area contributed by atoms with Crippen molar-refractivity contribution in [3.8, 4) is 11.2 Å². The fraction of sp³-hybridized carbons (Fsp3) is 0.533. The Balaban J connectivity index is 2.93. The lowest BCUT2D eigenvalue weighted by molar-refractivity contribution is 0.311. The zero-order valence-electron chi connectivity index (χ0n) is 11.8. The first-order valence-electron chi connectivity index (χ1n) is 6.54. The number of hydrogen-bond acceptors (Lipinski definition) is 3. The largest absolute Gasteiger partial charge is 0.493 e. The molecule has 0 aliphatic rings. The molecule has 0 spiro atoms. The van der Waals surface area contributed by atoms with Gasteiger partial charge >= 0.3 is 0 Å². The Bertz CT molecular complexity index is 468. The van der Waals surface area contributed by atoms with Crippen LogP contribution < -0.4 is 4.74 Å². The highest BCUT2D eigenvalue weighted by molar-refractivity contribution is 8.03. The molecule has 0 saturated carbocycles. The molecule has 0 fully saturated rings. The van der Waals surface area contributed by atoms with E-state index < -0.39 is 0 Å². The van der Waals surface area contributed by atoms with E-state index in [9.17, 15) is 0 Å². The van der Waals surface area contributed by atoms with Crippen molar-refractivity contribution < 1.29 is 4.74 Å². The highest BCUT2D eigenvalue weighted by atomic mass is 35.5. The predicted molar refractivity (Wildman–Crippen MR) is 83.1 cm³/mol. The first-order valence-corrected chi connectivity index (χ1v) is 7.90. The smallest absolute Gasteiger partial charge is 0.133 e. The molecule has 0 amide bonds. The summed E-state index contributed by atoms with van der Waals surface area (Å²) in [7, 11) is 0. The molecular formula is C15H20ClNOS. The maximum atomic E-state index is 8.54. The molecule has 19 heavy (non-hydrogen) atoms. The summed E-state index contributed by atoms with van der Waals surface area (Å²) in [5.74, 6) is 1.82. The number of hydrogen-bond donors (Lipinski definition) is 0. The zero-order chi connectivity index (χ0) is 14.3. The SMILES string of the molecule is CCCOc1c(C)cc(Cl)c(C)c1CCCSC#N. The molecule has 0 heterocycles. The number of rotatable bonds is 7. The van der Waals surface area contributed by atoms with Crippen LogP contribution in [0.3, 0.4) is 0 Å². The van der Waals surface area contributed by atoms with Gasteiger partial charge < -0.3 is 4.74 Å². The van der Waals surface area contributed by atoms with Gasteiger partial charge in [-0.05, 0) is 67.6 Å². The summed E-state index contributed by atoms with van der Waals surface area (Å²) in [6.07, 6.45) is 2.85. The minimum atomic E-state index is 0.724. The van der Waals surface area contributed by atoms with Gasteiger partial charge in [-0.25, -0.2) is 0 Å². The second-order valence-electron chi connectivity index (χ2n) is 4.50. The Morgan fingerprint density at radius 1 is 1.42 bits per heavy atom. The second kappa shape index (κ2) is 8.35. The van der Waals surface area contributed by atoms with Gasteiger partial charge in [0.1, 0.15) is 11.2 Å². The number of ether oxygens (including phenoxy) is 1. The molecule has 1 aromatic carbocycles. The first kappa shape index (κ1) is 16.2. The van der Waals surface area contributed by atoms with Crippen LogP contribution in [0.4, 0.5) is 0 Å². The van der Waals surface area contributed by atoms with Gasteiger partial charge in [-0.1, -0.05) is 18.5 Å². The van der Waals surface area contributed by atoms with Gasteiger partial charge in [0.2, 0.25) is 0 Å². The summed E-state index contributed by atoms with van der Waals surface area (Å²) in [6, 6.07) is 1.97. The van der Waals surface area contributed by atoms with E-state index >= 15 is 0 Å². The van der Waals surface area contributed by atoms with E-state index in [1.165, 1.54) is 17.3 Å². The summed E-state index contributed by atoms with van der Waals surface area (Å²) < 4.78 is 5.88. The van der Waals surface area contributed by atoms with Crippen molar-refractivity contribution in [2.24, 2.45) is 0 Å². The van der Waals surface area contributed by atoms with Crippen molar-refractivity contribution >= 4 is 23.4 Å². The zero-order valence-corrected chi connectivity index (χ0v) is 13.3. The van der Waals surface area contributed by atoms with Crippen molar-refractivity contribution in [3.05, 3.63) is 27.8 Å². The maximum absolute atomic E-state index is 8.54. The number of benzene rings is 1. The second-order valence-corrected chi connectivity index (χ2v) is 5.79. The molecule has 1 rings (SSSR count). The molecule has 4 heteroatoms. The van der Waals surface area contributed by atoms with Crippen molar-refractivity contribution in [2.75, 3.05) is 12.4 Å². The fourth-order valence-corrected chi connectivity index (χ4v) is 2.65. The van der Waals surface area contributed by atoms with Crippen molar-refractivity contribution in [3.63, 3.8) is 0 Å². The van der Waals surface area contributed by atoms with Crippen LogP contribution in [0.1, 0.15) is 36.5 Å². The number of aryl methyl sites for hydroxylation is 1. The van der Waals surface area contributed by atoms with E-state index in [2.05, 4.69) is 12.3 Å². The Kier molecular flexibility index (Phi) is 7.12. The van der Waals surface area contributed by atoms with Crippen LogP contribution in [0.25, 0.3) is 0 Å². The van der Waals surface area contributed by atoms with E-state index in [0.29, 0.717) is 0 Å². The van der Waals surface area contributed by atoms with E-state index in [-0.39, 0.29) is 0 Å². The summed E-state index contributed by atoms with van der Waals surface area (Å²) >= 11 is 7.55. The number of nitrogens with zero attached hydrogens (tertiary/aromatic N) is 1. The average molecular weight is 298 g/mol. The highest BCUT2D eigenvalue weighted by Gasteiger charge is 2.13. The highest BCUT2D eigenvalue weighted by Crippen LogP contribution is 2.33. The standard InChI is InChI=1S/C15H20ClNOS/c1-4-7-18-15-11(2)9-14(16)12(3)13(15)6-5-8-19-10-17/h9H,4-8H2,1-3H3. The Morgan fingerprint density at radius 3 is 2.79 bits per heavy atom. The quantitative estimate of drug-likeness (QED) is 0.530. The van der Waals surface area contributed by atoms with Crippen molar-refractivity contribution in [2.45, 2.75) is 40.0 Å². The third kappa shape index (κ3) is 4.63. The first-order chi connectivity index (χ1) is 9.11. The van der Waals surface area contributed by atoms with Gasteiger partial charge in [-0.15, -0.1) is 0 Å². The van der Waals surface area contributed by atoms with Crippen LogP contribution in [-0.2, 0) is 6.42 Å². The minimum Gasteiger partial charge on any atom is -0.493 e. The van der Waals surface area contributed by atoms with Gasteiger partial charge in [0.15, 0.2) is 0 Å². The van der Waals surface area contributed by atoms with Crippen LogP contribution in [0, 0.1) is 24.5 Å². The minimum absolute atomic E-state index is 0.724. The summed E-state index contributed by atoms with van der Waals surface area (Å²) in [6.45, 7) is 6.89. The Hall–Kier alpha value is -0.850. The molecule has 0 aromatic heterocycles. The third-order valence-electron chi connectivity index (χ3n) is 2.97. The van der Waals surface area contributed by atoms with Gasteiger partial charge in [0.05, 0.1) is 6.61 Å². The summed E-state index contributed by atoms with van der Waals surface area (Å²) in [5, 5.41) is 11.4. The van der Waals surface area contributed by atoms with Crippen LogP contribution in [-0.4, -0.2) is 12.4 Å². The molecule has 0 unspecified atom stereocenters. The topological polar surface area (TPSA) is 33.0 Å². The van der Waals surface area contributed by atoms with Gasteiger partial charge in [0, 0.05) is 10.8 Å². The molecular weight excluding hydrogens is 278 g/mol. The number of halogens is 1. The van der Waals surface area contributed by atoms with Crippen LogP contribution >= 0.6 is 23.4 Å². The molecule has 2 nitrogen and oxygen atoms in total. The van der Waals surface area contributed by atoms with Crippen LogP contribution in [0.15, 0.2) is 6.07 Å². The van der Waals surface area contributed by atoms with E-state index in [1.54, 1.807) is 0 Å². The third-order valence-corrected chi connectivity index (χ3v) is 3.99. The van der Waals surface area contributed by atoms with E-state index in [0.717, 1.165) is 53.5 Å². The van der Waals surface area contributed by atoms with Gasteiger partial charge in [-0.3, -0.25) is 0 Å². The maximum Gasteiger partial charge on any atom is 0.133 e. The van der Waals surface area contributed by atoms with E-state index in [4.69, 9.17) is 21.6 Å². The average Bonchev–Trinajstić information content (AvgIpc) is 2.39. The van der Waals surface area contributed by atoms with Crippen LogP contribution in [0.5, 0.6) is 5.75 Å². The molecule has 0 N–H and O–H groups in total. The molecule has 0 saturated heterocycles. The monoisotopic (exact) mass is 297 g/mol. The molecule has 0 bridgehead atoms. The van der Waals surface area contributed by atoms with Gasteiger partial charge in [0.25, 0.3) is 0 Å². The lowest BCUT2D eigenvalue weighted by Gasteiger charge is -2.17. The molecule has 104 valence electrons. The lowest BCUT2D eigenvalue weighted by Crippen LogP contribution is -2.04. The van der Waals surface area contributed by atoms with Crippen LogP contribution in [0.2, 0.25) is 5.02 Å². The van der Waals surface area contributed by atoms with Crippen molar-refractivity contribution in [1.82, 2.24) is 0 Å². The number of thiocyanates is 1. The molecule has 1 aromatic rings. The lowest BCUT2D eigenvalue weighted by atomic mass is 9.99. The molecule has 0 aliphatic heterocycles. The van der Waals surface area contributed by atoms with E-state index in [1.807, 2.05) is 19.9 Å². The van der Waals surface area contributed by atoms with Gasteiger partial charge in [-0.2, -0.15) is 5.26 Å². The number of nitriles is 1. The fourth-order valence-electron chi connectivity index (χ4n) is 1.99. The summed E-state index contributed by atoms with van der Waals surface area (Å²) in [4.78, 5) is 0. The molecule has 0 atom stereocenters. The summed E-state index contributed by atoms with van der Waals surface area (Å²) in [5.41, 5.74) is 3.38. The Labute approximate surface area is 125 Å². The molecule has 0 aliphatic carbocycles. The number of thioether (sulfide) groups is 1. The van der Waals surface area contributed by atoms with Crippen molar-refractivity contribution in [1.29, 1.82) is 5.26 Å². The Morgan fingerprint density at radius 2 is 2.16 bits per heavy atom. The molecule has 0 radical (unpaired) electrons. The normalized spacial score (nSPS) is 10.3. The predicted octanol–water partition coefficient (Wildman–Crippen LogP) is 4.89.